The number of carbonyl (C=O) groups is 2. The number of halogens is 1. The summed E-state index contributed by atoms with van der Waals surface area (Å²) in [5.41, 5.74) is 3.84. The molecule has 1 aromatic heterocycles. The topological polar surface area (TPSA) is 55.4 Å². The second kappa shape index (κ2) is 9.98. The first-order valence-electron chi connectivity index (χ1n) is 9.64. The highest BCUT2D eigenvalue weighted by atomic mass is 32.1. The third kappa shape index (κ3) is 5.21. The van der Waals surface area contributed by atoms with Crippen LogP contribution in [0.3, 0.4) is 0 Å². The smallest absolute Gasteiger partial charge is 0.341 e. The van der Waals surface area contributed by atoms with E-state index in [0.717, 1.165) is 17.5 Å². The highest BCUT2D eigenvalue weighted by Crippen LogP contribution is 2.36. The van der Waals surface area contributed by atoms with Gasteiger partial charge in [-0.1, -0.05) is 43.3 Å². The summed E-state index contributed by atoms with van der Waals surface area (Å²) in [6.45, 7) is 4.06. The number of thiophene rings is 1. The predicted molar refractivity (Wildman–Crippen MR) is 119 cm³/mol. The second-order valence-electron chi connectivity index (χ2n) is 6.50. The number of ether oxygens (including phenoxy) is 1. The van der Waals surface area contributed by atoms with Gasteiger partial charge in [0, 0.05) is 17.0 Å². The van der Waals surface area contributed by atoms with Crippen LogP contribution < -0.4 is 5.32 Å². The molecule has 0 aliphatic heterocycles. The number of nitrogens with one attached hydrogen (secondary N) is 1. The zero-order valence-electron chi connectivity index (χ0n) is 16.8. The lowest BCUT2D eigenvalue weighted by Crippen LogP contribution is -2.12. The van der Waals surface area contributed by atoms with Crippen LogP contribution in [-0.2, 0) is 16.0 Å². The van der Waals surface area contributed by atoms with Gasteiger partial charge in [0.1, 0.15) is 16.4 Å². The van der Waals surface area contributed by atoms with Gasteiger partial charge in [-0.2, -0.15) is 0 Å². The third-order valence-electron chi connectivity index (χ3n) is 4.48. The molecule has 4 nitrogen and oxygen atoms in total. The first-order chi connectivity index (χ1) is 14.5. The molecule has 30 heavy (non-hydrogen) atoms. The molecule has 1 amide bonds. The Kier molecular flexibility index (Phi) is 7.14. The van der Waals surface area contributed by atoms with Crippen molar-refractivity contribution in [3.63, 3.8) is 0 Å². The summed E-state index contributed by atoms with van der Waals surface area (Å²) in [5, 5.41) is 5.03. The van der Waals surface area contributed by atoms with Gasteiger partial charge in [0.25, 0.3) is 0 Å². The first-order valence-corrected chi connectivity index (χ1v) is 10.5. The van der Waals surface area contributed by atoms with E-state index < -0.39 is 5.97 Å². The molecule has 0 saturated carbocycles. The highest BCUT2D eigenvalue weighted by molar-refractivity contribution is 7.15. The Labute approximate surface area is 179 Å². The lowest BCUT2D eigenvalue weighted by atomic mass is 10.0. The van der Waals surface area contributed by atoms with Gasteiger partial charge in [-0.3, -0.25) is 4.79 Å². The largest absolute Gasteiger partial charge is 0.462 e. The molecule has 1 heterocycles. The van der Waals surface area contributed by atoms with Crippen molar-refractivity contribution in [1.29, 1.82) is 0 Å². The summed E-state index contributed by atoms with van der Waals surface area (Å²) in [6, 6.07) is 13.8. The summed E-state index contributed by atoms with van der Waals surface area (Å²) in [7, 11) is 0. The maximum Gasteiger partial charge on any atom is 0.341 e. The van der Waals surface area contributed by atoms with Crippen LogP contribution in [0.1, 0.15) is 35.3 Å². The zero-order chi connectivity index (χ0) is 21.5. The van der Waals surface area contributed by atoms with E-state index in [9.17, 15) is 14.0 Å². The van der Waals surface area contributed by atoms with Gasteiger partial charge >= 0.3 is 5.97 Å². The lowest BCUT2D eigenvalue weighted by Gasteiger charge is -2.08. The normalized spacial score (nSPS) is 10.9. The molecular formula is C24H22FNO3S. The molecule has 0 bridgehead atoms. The minimum absolute atomic E-state index is 0.237. The molecule has 0 atom stereocenters. The van der Waals surface area contributed by atoms with Crippen molar-refractivity contribution in [3.8, 4) is 11.1 Å². The summed E-state index contributed by atoms with van der Waals surface area (Å²) in [6.07, 6.45) is 3.85. The van der Waals surface area contributed by atoms with Gasteiger partial charge in [-0.25, -0.2) is 9.18 Å². The van der Waals surface area contributed by atoms with Gasteiger partial charge in [0.2, 0.25) is 5.91 Å². The van der Waals surface area contributed by atoms with Crippen LogP contribution in [0.15, 0.2) is 60.0 Å². The molecule has 0 aliphatic carbocycles. The van der Waals surface area contributed by atoms with E-state index in [1.807, 2.05) is 29.6 Å². The van der Waals surface area contributed by atoms with Gasteiger partial charge in [0.15, 0.2) is 0 Å². The fraction of sp³-hybridized carbons (Fsp3) is 0.167. The van der Waals surface area contributed by atoms with Crippen molar-refractivity contribution in [3.05, 3.63) is 82.5 Å². The quantitative estimate of drug-likeness (QED) is 0.378. The fourth-order valence-electron chi connectivity index (χ4n) is 2.89. The Bertz CT molecular complexity index is 1050. The van der Waals surface area contributed by atoms with Crippen molar-refractivity contribution in [2.75, 3.05) is 11.9 Å². The minimum atomic E-state index is -0.480. The number of amides is 1. The number of rotatable bonds is 7. The van der Waals surface area contributed by atoms with Crippen molar-refractivity contribution in [2.45, 2.75) is 20.3 Å². The Hall–Kier alpha value is -3.25. The Morgan fingerprint density at radius 1 is 1.07 bits per heavy atom. The molecule has 0 radical (unpaired) electrons. The van der Waals surface area contributed by atoms with Crippen molar-refractivity contribution in [1.82, 2.24) is 0 Å². The van der Waals surface area contributed by atoms with Gasteiger partial charge in [-0.15, -0.1) is 11.3 Å². The number of aryl methyl sites for hydroxylation is 1. The molecule has 2 aromatic carbocycles. The minimum Gasteiger partial charge on any atom is -0.462 e. The molecule has 0 aliphatic rings. The van der Waals surface area contributed by atoms with Crippen LogP contribution in [0.4, 0.5) is 9.39 Å². The van der Waals surface area contributed by atoms with E-state index >= 15 is 0 Å². The van der Waals surface area contributed by atoms with Crippen LogP contribution in [-0.4, -0.2) is 18.5 Å². The monoisotopic (exact) mass is 423 g/mol. The number of benzene rings is 2. The lowest BCUT2D eigenvalue weighted by molar-refractivity contribution is -0.111. The van der Waals surface area contributed by atoms with E-state index in [2.05, 4.69) is 12.2 Å². The Morgan fingerprint density at radius 3 is 2.40 bits per heavy atom. The molecule has 3 aromatic rings. The Morgan fingerprint density at radius 2 is 1.77 bits per heavy atom. The molecule has 0 unspecified atom stereocenters. The molecule has 1 N–H and O–H groups in total. The average Bonchev–Trinajstić information content (AvgIpc) is 3.17. The van der Waals surface area contributed by atoms with Crippen LogP contribution in [0.5, 0.6) is 0 Å². The fourth-order valence-corrected chi connectivity index (χ4v) is 3.85. The summed E-state index contributed by atoms with van der Waals surface area (Å²) >= 11 is 1.27. The second-order valence-corrected chi connectivity index (χ2v) is 7.38. The predicted octanol–water partition coefficient (Wildman–Crippen LogP) is 5.95. The van der Waals surface area contributed by atoms with E-state index in [0.29, 0.717) is 16.1 Å². The number of carbonyl (C=O) groups excluding carboxylic acids is 2. The van der Waals surface area contributed by atoms with E-state index in [1.165, 1.54) is 35.1 Å². The maximum absolute atomic E-state index is 13.0. The van der Waals surface area contributed by atoms with Gasteiger partial charge in [-0.05, 0) is 48.2 Å². The van der Waals surface area contributed by atoms with Crippen molar-refractivity contribution in [2.24, 2.45) is 0 Å². The first kappa shape index (κ1) is 21.5. The number of esters is 1. The van der Waals surface area contributed by atoms with E-state index in [-0.39, 0.29) is 18.3 Å². The van der Waals surface area contributed by atoms with Crippen LogP contribution in [0.2, 0.25) is 0 Å². The summed E-state index contributed by atoms with van der Waals surface area (Å²) < 4.78 is 18.2. The standard InChI is InChI=1S/C24H22FNO3S/c1-3-16-5-10-18(11-6-16)20-15-30-23(22(20)24(28)29-4-2)26-21(27)14-9-17-7-12-19(25)13-8-17/h5-15H,3-4H2,1-2H3,(H,26,27). The molecular weight excluding hydrogens is 401 g/mol. The number of anilines is 1. The SMILES string of the molecule is CCOC(=O)c1c(-c2ccc(CC)cc2)csc1NC(=O)C=Cc1ccc(F)cc1. The third-order valence-corrected chi connectivity index (χ3v) is 5.37. The van der Waals surface area contributed by atoms with E-state index in [1.54, 1.807) is 25.1 Å². The van der Waals surface area contributed by atoms with Crippen molar-refractivity contribution < 1.29 is 18.7 Å². The molecule has 0 fully saturated rings. The average molecular weight is 424 g/mol. The van der Waals surface area contributed by atoms with E-state index in [4.69, 9.17) is 4.74 Å². The number of hydrogen-bond acceptors (Lipinski definition) is 4. The molecule has 154 valence electrons. The van der Waals surface area contributed by atoms with Gasteiger partial charge < -0.3 is 10.1 Å². The van der Waals surface area contributed by atoms with Crippen LogP contribution >= 0.6 is 11.3 Å². The zero-order valence-corrected chi connectivity index (χ0v) is 17.6. The van der Waals surface area contributed by atoms with Crippen LogP contribution in [0.25, 0.3) is 17.2 Å². The maximum atomic E-state index is 13.0. The molecule has 6 heteroatoms. The molecule has 0 spiro atoms. The number of hydrogen-bond donors (Lipinski definition) is 1. The van der Waals surface area contributed by atoms with Gasteiger partial charge in [0.05, 0.1) is 6.61 Å². The van der Waals surface area contributed by atoms with Crippen molar-refractivity contribution >= 4 is 34.3 Å². The molecule has 3 rings (SSSR count). The highest BCUT2D eigenvalue weighted by Gasteiger charge is 2.22. The summed E-state index contributed by atoms with van der Waals surface area (Å²) in [4.78, 5) is 25.0. The summed E-state index contributed by atoms with van der Waals surface area (Å²) in [5.74, 6) is -1.21. The molecule has 0 saturated heterocycles. The Balaban J connectivity index is 1.86. The van der Waals surface area contributed by atoms with Crippen LogP contribution in [0, 0.1) is 5.82 Å².